The van der Waals surface area contributed by atoms with Crippen molar-refractivity contribution in [3.05, 3.63) is 45.9 Å². The van der Waals surface area contributed by atoms with E-state index in [0.29, 0.717) is 22.5 Å². The number of fused-ring (bicyclic) bond motifs is 1. The highest BCUT2D eigenvalue weighted by atomic mass is 35.5. The molecule has 0 saturated heterocycles. The van der Waals surface area contributed by atoms with Gasteiger partial charge in [-0.2, -0.15) is 0 Å². The Morgan fingerprint density at radius 3 is 2.64 bits per heavy atom. The maximum atomic E-state index is 12.9. The number of hydrogen-bond donors (Lipinski definition) is 0. The molecule has 0 aliphatic heterocycles. The van der Waals surface area contributed by atoms with Crippen molar-refractivity contribution in [1.82, 2.24) is 9.97 Å². The molecule has 113 valence electrons. The number of hydrogen-bond acceptors (Lipinski definition) is 3. The van der Waals surface area contributed by atoms with Crippen molar-refractivity contribution < 1.29 is 8.78 Å². The SMILES string of the molecule is CC(C)c1csc(-c2c[c]c3ccc(C(F)F)c(Cl)c3n2)n1. The van der Waals surface area contributed by atoms with Gasteiger partial charge in [0.2, 0.25) is 0 Å². The molecule has 3 rings (SSSR count). The van der Waals surface area contributed by atoms with Crippen molar-refractivity contribution >= 4 is 33.8 Å². The predicted molar refractivity (Wildman–Crippen MR) is 85.7 cm³/mol. The highest BCUT2D eigenvalue weighted by Crippen LogP contribution is 2.34. The fourth-order valence-corrected chi connectivity index (χ4v) is 3.28. The Morgan fingerprint density at radius 2 is 2.00 bits per heavy atom. The molecule has 2 aromatic heterocycles. The summed E-state index contributed by atoms with van der Waals surface area (Å²) in [6.07, 6.45) is -2.63. The minimum Gasteiger partial charge on any atom is -0.244 e. The Bertz CT molecular complexity index is 830. The predicted octanol–water partition coefficient (Wildman–Crippen LogP) is 5.87. The Balaban J connectivity index is 2.13. The maximum absolute atomic E-state index is 12.9. The van der Waals surface area contributed by atoms with Gasteiger partial charge in [0.25, 0.3) is 6.43 Å². The van der Waals surface area contributed by atoms with Crippen molar-refractivity contribution in [3.8, 4) is 10.7 Å². The van der Waals surface area contributed by atoms with Gasteiger partial charge >= 0.3 is 0 Å². The van der Waals surface area contributed by atoms with Crippen LogP contribution in [0.25, 0.3) is 21.6 Å². The van der Waals surface area contributed by atoms with E-state index in [1.165, 1.54) is 17.4 Å². The molecule has 0 amide bonds. The molecular weight excluding hydrogens is 326 g/mol. The normalized spacial score (nSPS) is 11.8. The van der Waals surface area contributed by atoms with Crippen LogP contribution < -0.4 is 0 Å². The average Bonchev–Trinajstić information content (AvgIpc) is 2.97. The van der Waals surface area contributed by atoms with E-state index in [4.69, 9.17) is 11.6 Å². The molecule has 22 heavy (non-hydrogen) atoms. The molecule has 0 bridgehead atoms. The molecule has 1 aromatic carbocycles. The van der Waals surface area contributed by atoms with Crippen LogP contribution in [0.5, 0.6) is 0 Å². The molecule has 0 fully saturated rings. The number of aromatic nitrogens is 2. The summed E-state index contributed by atoms with van der Waals surface area (Å²) in [6, 6.07) is 7.62. The quantitative estimate of drug-likeness (QED) is 0.597. The van der Waals surface area contributed by atoms with Gasteiger partial charge in [-0.15, -0.1) is 11.3 Å². The van der Waals surface area contributed by atoms with Gasteiger partial charge in [-0.05, 0) is 18.1 Å². The second-order valence-electron chi connectivity index (χ2n) is 5.18. The highest BCUT2D eigenvalue weighted by molar-refractivity contribution is 7.13. The van der Waals surface area contributed by atoms with Crippen molar-refractivity contribution in [3.63, 3.8) is 0 Å². The third-order valence-electron chi connectivity index (χ3n) is 3.31. The second kappa shape index (κ2) is 5.89. The summed E-state index contributed by atoms with van der Waals surface area (Å²) in [5.41, 5.74) is 1.69. The van der Waals surface area contributed by atoms with E-state index in [1.807, 2.05) is 5.38 Å². The first-order valence-corrected chi connectivity index (χ1v) is 7.98. The number of benzene rings is 1. The number of rotatable bonds is 3. The zero-order valence-corrected chi connectivity index (χ0v) is 13.5. The summed E-state index contributed by atoms with van der Waals surface area (Å²) in [5.74, 6) is 0.323. The van der Waals surface area contributed by atoms with E-state index in [0.717, 1.165) is 10.7 Å². The molecule has 0 N–H and O–H groups in total. The summed E-state index contributed by atoms with van der Waals surface area (Å²) in [7, 11) is 0. The summed E-state index contributed by atoms with van der Waals surface area (Å²) in [5, 5.41) is 3.30. The van der Waals surface area contributed by atoms with E-state index in [9.17, 15) is 8.78 Å². The lowest BCUT2D eigenvalue weighted by Gasteiger charge is -2.07. The summed E-state index contributed by atoms with van der Waals surface area (Å²) < 4.78 is 25.9. The van der Waals surface area contributed by atoms with Crippen LogP contribution in [0.4, 0.5) is 8.78 Å². The van der Waals surface area contributed by atoms with Crippen molar-refractivity contribution in [2.75, 3.05) is 0 Å². The van der Waals surface area contributed by atoms with Gasteiger partial charge in [-0.3, -0.25) is 0 Å². The highest BCUT2D eigenvalue weighted by Gasteiger charge is 2.16. The smallest absolute Gasteiger partial charge is 0.244 e. The van der Waals surface area contributed by atoms with E-state index in [-0.39, 0.29) is 10.6 Å². The van der Waals surface area contributed by atoms with Crippen molar-refractivity contribution in [2.45, 2.75) is 26.2 Å². The first-order chi connectivity index (χ1) is 10.5. The zero-order chi connectivity index (χ0) is 15.9. The Hall–Kier alpha value is -1.59. The first kappa shape index (κ1) is 15.3. The zero-order valence-electron chi connectivity index (χ0n) is 11.9. The lowest BCUT2D eigenvalue weighted by Crippen LogP contribution is -1.92. The summed E-state index contributed by atoms with van der Waals surface area (Å²) >= 11 is 7.54. The second-order valence-corrected chi connectivity index (χ2v) is 6.42. The molecule has 0 atom stereocenters. The van der Waals surface area contributed by atoms with Crippen LogP contribution in [-0.2, 0) is 0 Å². The molecule has 0 unspecified atom stereocenters. The monoisotopic (exact) mass is 337 g/mol. The average molecular weight is 338 g/mol. The Labute approximate surface area is 135 Å². The molecular formula is C16H12ClF2N2S. The van der Waals surface area contributed by atoms with Gasteiger partial charge in [-0.1, -0.05) is 37.6 Å². The van der Waals surface area contributed by atoms with Crippen LogP contribution in [-0.4, -0.2) is 9.97 Å². The standard InChI is InChI=1S/C16H12ClF2N2S/c1-8(2)12-7-22-16(21-12)11-6-4-9-3-5-10(15(18)19)13(17)14(9)20-11/h3,5-8,15H,1-2H3. The van der Waals surface area contributed by atoms with Crippen molar-refractivity contribution in [2.24, 2.45) is 0 Å². The lowest BCUT2D eigenvalue weighted by atomic mass is 10.1. The van der Waals surface area contributed by atoms with Gasteiger partial charge in [0.1, 0.15) is 10.7 Å². The number of thiazole rings is 1. The molecule has 0 aliphatic rings. The molecule has 1 radical (unpaired) electrons. The van der Waals surface area contributed by atoms with Crippen LogP contribution in [0.2, 0.25) is 5.02 Å². The minimum absolute atomic E-state index is 0.0220. The van der Waals surface area contributed by atoms with Crippen LogP contribution in [0.3, 0.4) is 0 Å². The summed E-state index contributed by atoms with van der Waals surface area (Å²) in [6.45, 7) is 4.12. The van der Waals surface area contributed by atoms with Crippen LogP contribution >= 0.6 is 22.9 Å². The van der Waals surface area contributed by atoms with E-state index >= 15 is 0 Å². The third-order valence-corrected chi connectivity index (χ3v) is 4.59. The first-order valence-electron chi connectivity index (χ1n) is 6.72. The molecule has 0 aliphatic carbocycles. The maximum Gasteiger partial charge on any atom is 0.265 e. The molecule has 2 heterocycles. The van der Waals surface area contributed by atoms with Crippen LogP contribution in [0, 0.1) is 6.07 Å². The topological polar surface area (TPSA) is 25.8 Å². The Kier molecular flexibility index (Phi) is 4.10. The number of alkyl halides is 2. The van der Waals surface area contributed by atoms with Gasteiger partial charge < -0.3 is 0 Å². The Morgan fingerprint density at radius 1 is 1.23 bits per heavy atom. The number of nitrogens with zero attached hydrogens (tertiary/aromatic N) is 2. The number of halogens is 3. The molecule has 6 heteroatoms. The van der Waals surface area contributed by atoms with Crippen LogP contribution in [0.15, 0.2) is 23.6 Å². The molecule has 0 spiro atoms. The minimum atomic E-state index is -2.63. The number of pyridine rings is 1. The van der Waals surface area contributed by atoms with Gasteiger partial charge in [-0.25, -0.2) is 18.7 Å². The van der Waals surface area contributed by atoms with Gasteiger partial charge in [0.05, 0.1) is 16.2 Å². The van der Waals surface area contributed by atoms with E-state index in [2.05, 4.69) is 29.9 Å². The summed E-state index contributed by atoms with van der Waals surface area (Å²) in [4.78, 5) is 8.93. The van der Waals surface area contributed by atoms with E-state index in [1.54, 1.807) is 12.1 Å². The molecule has 3 aromatic rings. The van der Waals surface area contributed by atoms with E-state index < -0.39 is 6.43 Å². The molecule has 0 saturated carbocycles. The fraction of sp³-hybridized carbons (Fsp3) is 0.250. The third kappa shape index (κ3) is 2.71. The lowest BCUT2D eigenvalue weighted by molar-refractivity contribution is 0.151. The van der Waals surface area contributed by atoms with Gasteiger partial charge in [0.15, 0.2) is 0 Å². The van der Waals surface area contributed by atoms with Crippen molar-refractivity contribution in [1.29, 1.82) is 0 Å². The van der Waals surface area contributed by atoms with Gasteiger partial charge in [0, 0.05) is 16.3 Å². The largest absolute Gasteiger partial charge is 0.265 e. The fourth-order valence-electron chi connectivity index (χ4n) is 2.05. The van der Waals surface area contributed by atoms with Crippen LogP contribution in [0.1, 0.15) is 37.4 Å². The molecule has 2 nitrogen and oxygen atoms in total.